The molecule has 20 heavy (non-hydrogen) atoms. The lowest BCUT2D eigenvalue weighted by molar-refractivity contribution is 0.102. The number of benzene rings is 2. The molecule has 0 saturated carbocycles. The number of hydrogen-bond acceptors (Lipinski definition) is 3. The second-order valence-electron chi connectivity index (χ2n) is 3.96. The van der Waals surface area contributed by atoms with Gasteiger partial charge in [0.15, 0.2) is 0 Å². The average Bonchev–Trinajstić information content (AvgIpc) is 2.41. The third-order valence-electron chi connectivity index (χ3n) is 2.62. The molecular formula is C14H9Cl2N3O. The molecule has 2 rings (SSSR count). The van der Waals surface area contributed by atoms with Crippen LogP contribution in [0, 0.1) is 11.3 Å². The van der Waals surface area contributed by atoms with Crippen LogP contribution in [0.4, 0.5) is 11.4 Å². The molecule has 0 aliphatic heterocycles. The van der Waals surface area contributed by atoms with Gasteiger partial charge in [0.05, 0.1) is 38.6 Å². The highest BCUT2D eigenvalue weighted by molar-refractivity contribution is 6.40. The minimum Gasteiger partial charge on any atom is -0.397 e. The summed E-state index contributed by atoms with van der Waals surface area (Å²) in [6.07, 6.45) is 0. The summed E-state index contributed by atoms with van der Waals surface area (Å²) in [4.78, 5) is 12.2. The topological polar surface area (TPSA) is 78.9 Å². The number of amides is 1. The first-order valence-electron chi connectivity index (χ1n) is 5.58. The number of nitrogens with one attached hydrogen (secondary N) is 1. The average molecular weight is 306 g/mol. The van der Waals surface area contributed by atoms with Crippen LogP contribution < -0.4 is 11.1 Å². The fraction of sp³-hybridized carbons (Fsp3) is 0. The molecule has 4 nitrogen and oxygen atoms in total. The number of nitrogens with two attached hydrogens (primary N) is 1. The molecule has 2 aromatic rings. The lowest BCUT2D eigenvalue weighted by Crippen LogP contribution is -2.14. The first-order valence-corrected chi connectivity index (χ1v) is 6.33. The van der Waals surface area contributed by atoms with E-state index < -0.39 is 5.91 Å². The Balaban J connectivity index is 2.31. The van der Waals surface area contributed by atoms with Crippen molar-refractivity contribution in [3.63, 3.8) is 0 Å². The van der Waals surface area contributed by atoms with Crippen molar-refractivity contribution < 1.29 is 4.79 Å². The van der Waals surface area contributed by atoms with Crippen LogP contribution in [0.2, 0.25) is 10.0 Å². The van der Waals surface area contributed by atoms with E-state index in [0.717, 1.165) is 0 Å². The maximum absolute atomic E-state index is 12.2. The molecule has 1 amide bonds. The van der Waals surface area contributed by atoms with Crippen molar-refractivity contribution in [2.75, 3.05) is 11.1 Å². The molecule has 0 bridgehead atoms. The quantitative estimate of drug-likeness (QED) is 0.830. The van der Waals surface area contributed by atoms with Crippen LogP contribution in [-0.2, 0) is 0 Å². The van der Waals surface area contributed by atoms with Crippen molar-refractivity contribution in [3.8, 4) is 6.07 Å². The Hall–Kier alpha value is -2.22. The van der Waals surface area contributed by atoms with Crippen LogP contribution in [0.1, 0.15) is 15.9 Å². The Labute approximate surface area is 125 Å². The summed E-state index contributed by atoms with van der Waals surface area (Å²) >= 11 is 11.9. The van der Waals surface area contributed by atoms with Gasteiger partial charge in [-0.25, -0.2) is 0 Å². The monoisotopic (exact) mass is 305 g/mol. The van der Waals surface area contributed by atoms with Gasteiger partial charge in [0.1, 0.15) is 0 Å². The van der Waals surface area contributed by atoms with Crippen molar-refractivity contribution in [2.24, 2.45) is 0 Å². The molecule has 0 atom stereocenters. The van der Waals surface area contributed by atoms with E-state index in [1.54, 1.807) is 30.3 Å². The summed E-state index contributed by atoms with van der Waals surface area (Å²) in [5, 5.41) is 11.9. The fourth-order valence-electron chi connectivity index (χ4n) is 1.65. The zero-order valence-electron chi connectivity index (χ0n) is 10.2. The van der Waals surface area contributed by atoms with Crippen LogP contribution >= 0.6 is 23.2 Å². The van der Waals surface area contributed by atoms with Crippen molar-refractivity contribution in [2.45, 2.75) is 0 Å². The molecule has 0 spiro atoms. The second kappa shape index (κ2) is 5.83. The largest absolute Gasteiger partial charge is 0.397 e. The lowest BCUT2D eigenvalue weighted by atomic mass is 10.1. The minimum atomic E-state index is -0.461. The van der Waals surface area contributed by atoms with Crippen molar-refractivity contribution in [1.29, 1.82) is 5.26 Å². The van der Waals surface area contributed by atoms with E-state index in [9.17, 15) is 4.79 Å². The van der Waals surface area contributed by atoms with E-state index in [1.807, 2.05) is 6.07 Å². The minimum absolute atomic E-state index is 0.180. The molecular weight excluding hydrogens is 297 g/mol. The van der Waals surface area contributed by atoms with Crippen LogP contribution in [0.3, 0.4) is 0 Å². The van der Waals surface area contributed by atoms with Gasteiger partial charge < -0.3 is 11.1 Å². The van der Waals surface area contributed by atoms with Gasteiger partial charge in [0.2, 0.25) is 0 Å². The molecule has 0 saturated heterocycles. The predicted molar refractivity (Wildman–Crippen MR) is 80.0 cm³/mol. The van der Waals surface area contributed by atoms with Gasteiger partial charge in [-0.1, -0.05) is 29.3 Å². The Morgan fingerprint density at radius 1 is 1.20 bits per heavy atom. The van der Waals surface area contributed by atoms with Crippen molar-refractivity contribution in [3.05, 3.63) is 57.6 Å². The number of hydrogen-bond donors (Lipinski definition) is 2. The number of carbonyl (C=O) groups is 1. The van der Waals surface area contributed by atoms with E-state index in [2.05, 4.69) is 5.32 Å². The maximum Gasteiger partial charge on any atom is 0.258 e. The van der Waals surface area contributed by atoms with Gasteiger partial charge in [-0.15, -0.1) is 0 Å². The molecule has 0 aliphatic carbocycles. The SMILES string of the molecule is N#Cc1ccc(NC(=O)c2c(Cl)cccc2Cl)c(N)c1. The molecule has 6 heteroatoms. The summed E-state index contributed by atoms with van der Waals surface area (Å²) in [5.74, 6) is -0.461. The fourth-order valence-corrected chi connectivity index (χ4v) is 2.21. The number of rotatable bonds is 2. The number of carbonyl (C=O) groups excluding carboxylic acids is 1. The van der Waals surface area contributed by atoms with Gasteiger partial charge >= 0.3 is 0 Å². The highest BCUT2D eigenvalue weighted by Crippen LogP contribution is 2.26. The third kappa shape index (κ3) is 2.85. The molecule has 0 heterocycles. The number of nitrogen functional groups attached to an aromatic ring is 1. The van der Waals surface area contributed by atoms with E-state index in [-0.39, 0.29) is 15.6 Å². The van der Waals surface area contributed by atoms with E-state index in [4.69, 9.17) is 34.2 Å². The van der Waals surface area contributed by atoms with Gasteiger partial charge in [0, 0.05) is 0 Å². The van der Waals surface area contributed by atoms with Crippen LogP contribution in [0.5, 0.6) is 0 Å². The normalized spacial score (nSPS) is 9.85. The maximum atomic E-state index is 12.2. The molecule has 0 unspecified atom stereocenters. The Bertz CT molecular complexity index is 703. The van der Waals surface area contributed by atoms with Gasteiger partial charge in [-0.05, 0) is 30.3 Å². The van der Waals surface area contributed by atoms with E-state index in [0.29, 0.717) is 16.9 Å². The zero-order chi connectivity index (χ0) is 14.7. The van der Waals surface area contributed by atoms with Gasteiger partial charge in [-0.3, -0.25) is 4.79 Å². The summed E-state index contributed by atoms with van der Waals surface area (Å²) < 4.78 is 0. The van der Waals surface area contributed by atoms with Crippen LogP contribution in [0.15, 0.2) is 36.4 Å². The molecule has 0 aliphatic rings. The zero-order valence-corrected chi connectivity index (χ0v) is 11.7. The predicted octanol–water partition coefficient (Wildman–Crippen LogP) is 3.70. The molecule has 0 radical (unpaired) electrons. The summed E-state index contributed by atoms with van der Waals surface area (Å²) in [6.45, 7) is 0. The summed E-state index contributed by atoms with van der Waals surface area (Å²) in [7, 11) is 0. The summed E-state index contributed by atoms with van der Waals surface area (Å²) in [6, 6.07) is 11.3. The van der Waals surface area contributed by atoms with Crippen molar-refractivity contribution in [1.82, 2.24) is 0 Å². The second-order valence-corrected chi connectivity index (χ2v) is 4.78. The highest BCUT2D eigenvalue weighted by Gasteiger charge is 2.15. The molecule has 3 N–H and O–H groups in total. The first-order chi connectivity index (χ1) is 9.52. The Morgan fingerprint density at radius 3 is 2.40 bits per heavy atom. The van der Waals surface area contributed by atoms with E-state index in [1.165, 1.54) is 6.07 Å². The van der Waals surface area contributed by atoms with Crippen LogP contribution in [-0.4, -0.2) is 5.91 Å². The van der Waals surface area contributed by atoms with Gasteiger partial charge in [0.25, 0.3) is 5.91 Å². The Kier molecular flexibility index (Phi) is 4.14. The number of nitrogens with zero attached hydrogens (tertiary/aromatic N) is 1. The summed E-state index contributed by atoms with van der Waals surface area (Å²) in [5.41, 5.74) is 7.05. The van der Waals surface area contributed by atoms with Gasteiger partial charge in [-0.2, -0.15) is 5.26 Å². The van der Waals surface area contributed by atoms with Crippen molar-refractivity contribution >= 4 is 40.5 Å². The van der Waals surface area contributed by atoms with Crippen LogP contribution in [0.25, 0.3) is 0 Å². The smallest absolute Gasteiger partial charge is 0.258 e. The Morgan fingerprint density at radius 2 is 1.85 bits per heavy atom. The highest BCUT2D eigenvalue weighted by atomic mass is 35.5. The first kappa shape index (κ1) is 14.2. The lowest BCUT2D eigenvalue weighted by Gasteiger charge is -2.10. The molecule has 2 aromatic carbocycles. The number of anilines is 2. The third-order valence-corrected chi connectivity index (χ3v) is 3.25. The number of nitriles is 1. The molecule has 0 fully saturated rings. The molecule has 0 aromatic heterocycles. The molecule has 100 valence electrons. The number of halogens is 2. The van der Waals surface area contributed by atoms with E-state index >= 15 is 0 Å². The standard InChI is InChI=1S/C14H9Cl2N3O/c15-9-2-1-3-10(16)13(9)14(20)19-12-5-4-8(7-17)6-11(12)18/h1-6H,18H2,(H,19,20).